The van der Waals surface area contributed by atoms with Crippen molar-refractivity contribution < 1.29 is 14.3 Å². The Kier molecular flexibility index (Phi) is 8.42. The number of halogens is 1. The summed E-state index contributed by atoms with van der Waals surface area (Å²) in [6.45, 7) is 6.90. The van der Waals surface area contributed by atoms with E-state index < -0.39 is 0 Å². The first-order valence-electron chi connectivity index (χ1n) is 8.11. The van der Waals surface area contributed by atoms with Gasteiger partial charge in [0.05, 0.1) is 12.2 Å². The highest BCUT2D eigenvalue weighted by Crippen LogP contribution is 2.25. The van der Waals surface area contributed by atoms with E-state index in [0.717, 1.165) is 6.42 Å². The van der Waals surface area contributed by atoms with Gasteiger partial charge in [-0.1, -0.05) is 32.4 Å². The van der Waals surface area contributed by atoms with Crippen molar-refractivity contribution >= 4 is 17.7 Å². The Bertz CT molecular complexity index is 584. The van der Waals surface area contributed by atoms with Crippen LogP contribution < -0.4 is 4.74 Å². The first-order chi connectivity index (χ1) is 11.4. The minimum absolute atomic E-state index is 0.115. The van der Waals surface area contributed by atoms with E-state index in [2.05, 4.69) is 6.07 Å². The Morgan fingerprint density at radius 1 is 1.42 bits per heavy atom. The molecule has 1 rings (SSSR count). The quantitative estimate of drug-likeness (QED) is 0.691. The van der Waals surface area contributed by atoms with E-state index in [0.29, 0.717) is 41.8 Å². The molecule has 132 valence electrons. The van der Waals surface area contributed by atoms with Crippen LogP contribution in [0.3, 0.4) is 0 Å². The predicted molar refractivity (Wildman–Crippen MR) is 94.3 cm³/mol. The molecule has 24 heavy (non-hydrogen) atoms. The zero-order chi connectivity index (χ0) is 18.1. The molecule has 1 unspecified atom stereocenters. The number of nitrogens with zero attached hydrogens (tertiary/aromatic N) is 2. The maximum Gasteiger partial charge on any atom is 0.409 e. The molecule has 0 bridgehead atoms. The molecule has 0 aliphatic carbocycles. The minimum Gasteiger partial charge on any atom is -0.489 e. The van der Waals surface area contributed by atoms with Gasteiger partial charge in [0.15, 0.2) is 0 Å². The van der Waals surface area contributed by atoms with E-state index >= 15 is 0 Å². The molecule has 1 atom stereocenters. The van der Waals surface area contributed by atoms with Gasteiger partial charge in [-0.05, 0) is 24.5 Å². The summed E-state index contributed by atoms with van der Waals surface area (Å²) in [7, 11) is 1.70. The van der Waals surface area contributed by atoms with Crippen molar-refractivity contribution in [1.82, 2.24) is 4.90 Å². The van der Waals surface area contributed by atoms with Crippen LogP contribution in [-0.4, -0.2) is 37.3 Å². The molecule has 6 heteroatoms. The molecule has 0 saturated carbocycles. The SMILES string of the molecule is CCC(CCN(C)C(=O)OCC(C)C)Oc1cc(Cl)ccc1C#N. The van der Waals surface area contributed by atoms with Gasteiger partial charge >= 0.3 is 6.09 Å². The van der Waals surface area contributed by atoms with Crippen LogP contribution in [0.15, 0.2) is 18.2 Å². The Balaban J connectivity index is 2.58. The molecule has 0 fully saturated rings. The summed E-state index contributed by atoms with van der Waals surface area (Å²) in [6, 6.07) is 7.03. The number of rotatable bonds is 8. The monoisotopic (exact) mass is 352 g/mol. The van der Waals surface area contributed by atoms with E-state index in [4.69, 9.17) is 26.3 Å². The second kappa shape index (κ2) is 10.0. The van der Waals surface area contributed by atoms with Crippen LogP contribution in [0, 0.1) is 17.2 Å². The van der Waals surface area contributed by atoms with Crippen LogP contribution in [0.5, 0.6) is 5.75 Å². The Morgan fingerprint density at radius 3 is 2.71 bits per heavy atom. The average Bonchev–Trinajstić information content (AvgIpc) is 2.56. The summed E-state index contributed by atoms with van der Waals surface area (Å²) >= 11 is 5.97. The molecule has 0 heterocycles. The lowest BCUT2D eigenvalue weighted by atomic mass is 10.1. The van der Waals surface area contributed by atoms with Gasteiger partial charge < -0.3 is 14.4 Å². The van der Waals surface area contributed by atoms with Gasteiger partial charge in [-0.3, -0.25) is 0 Å². The molecule has 0 aliphatic heterocycles. The van der Waals surface area contributed by atoms with E-state index in [1.165, 1.54) is 4.90 Å². The maximum absolute atomic E-state index is 11.9. The number of carbonyl (C=O) groups excluding carboxylic acids is 1. The largest absolute Gasteiger partial charge is 0.489 e. The predicted octanol–water partition coefficient (Wildman–Crippen LogP) is 4.48. The van der Waals surface area contributed by atoms with Crippen LogP contribution >= 0.6 is 11.6 Å². The van der Waals surface area contributed by atoms with Crippen molar-refractivity contribution in [2.75, 3.05) is 20.2 Å². The summed E-state index contributed by atoms with van der Waals surface area (Å²) in [4.78, 5) is 13.4. The molecular weight excluding hydrogens is 328 g/mol. The van der Waals surface area contributed by atoms with E-state index in [1.807, 2.05) is 20.8 Å². The summed E-state index contributed by atoms with van der Waals surface area (Å²) in [6.07, 6.45) is 0.947. The Morgan fingerprint density at radius 2 is 2.12 bits per heavy atom. The van der Waals surface area contributed by atoms with Gasteiger partial charge in [0.25, 0.3) is 0 Å². The second-order valence-corrected chi connectivity index (χ2v) is 6.52. The van der Waals surface area contributed by atoms with E-state index in [-0.39, 0.29) is 12.2 Å². The van der Waals surface area contributed by atoms with Crippen molar-refractivity contribution in [3.63, 3.8) is 0 Å². The molecule has 0 spiro atoms. The summed E-state index contributed by atoms with van der Waals surface area (Å²) in [5.74, 6) is 0.781. The zero-order valence-electron chi connectivity index (χ0n) is 14.7. The number of ether oxygens (including phenoxy) is 2. The summed E-state index contributed by atoms with van der Waals surface area (Å²) in [5, 5.41) is 9.67. The normalized spacial score (nSPS) is 11.7. The van der Waals surface area contributed by atoms with Crippen molar-refractivity contribution in [3.05, 3.63) is 28.8 Å². The van der Waals surface area contributed by atoms with Crippen LogP contribution in [-0.2, 0) is 4.74 Å². The fourth-order valence-corrected chi connectivity index (χ4v) is 2.15. The van der Waals surface area contributed by atoms with Crippen LogP contribution in [0.25, 0.3) is 0 Å². The number of hydrogen-bond acceptors (Lipinski definition) is 4. The van der Waals surface area contributed by atoms with E-state index in [9.17, 15) is 4.79 Å². The zero-order valence-corrected chi connectivity index (χ0v) is 15.5. The van der Waals surface area contributed by atoms with Crippen molar-refractivity contribution in [2.45, 2.75) is 39.7 Å². The molecule has 1 amide bonds. The van der Waals surface area contributed by atoms with Gasteiger partial charge in [0.2, 0.25) is 0 Å². The lowest BCUT2D eigenvalue weighted by molar-refractivity contribution is 0.0935. The fraction of sp³-hybridized carbons (Fsp3) is 0.556. The van der Waals surface area contributed by atoms with Crippen LogP contribution in [0.4, 0.5) is 4.79 Å². The summed E-state index contributed by atoms with van der Waals surface area (Å²) < 4.78 is 11.1. The standard InChI is InChI=1S/C18H25ClN2O3/c1-5-16(8-9-21(4)18(22)23-12-13(2)3)24-17-10-15(19)7-6-14(17)11-20/h6-7,10,13,16H,5,8-9,12H2,1-4H3. The second-order valence-electron chi connectivity index (χ2n) is 6.08. The van der Waals surface area contributed by atoms with Crippen LogP contribution in [0.2, 0.25) is 5.02 Å². The maximum atomic E-state index is 11.9. The number of benzene rings is 1. The van der Waals surface area contributed by atoms with Crippen molar-refractivity contribution in [3.8, 4) is 11.8 Å². The third kappa shape index (κ3) is 6.67. The molecular formula is C18H25ClN2O3. The molecule has 0 radical (unpaired) electrons. The molecule has 1 aromatic rings. The first kappa shape index (κ1) is 20.1. The molecule has 0 N–H and O–H groups in total. The van der Waals surface area contributed by atoms with Gasteiger partial charge in [0, 0.05) is 31.1 Å². The molecule has 5 nitrogen and oxygen atoms in total. The first-order valence-corrected chi connectivity index (χ1v) is 8.49. The molecule has 1 aromatic carbocycles. The number of amides is 1. The fourth-order valence-electron chi connectivity index (χ4n) is 1.99. The highest BCUT2D eigenvalue weighted by Gasteiger charge is 2.16. The Labute approximate surface area is 149 Å². The number of nitriles is 1. The lowest BCUT2D eigenvalue weighted by Crippen LogP contribution is -2.32. The number of carbonyl (C=O) groups is 1. The topological polar surface area (TPSA) is 62.6 Å². The van der Waals surface area contributed by atoms with Gasteiger partial charge in [-0.2, -0.15) is 5.26 Å². The smallest absolute Gasteiger partial charge is 0.409 e. The molecule has 0 saturated heterocycles. The Hall–Kier alpha value is -1.93. The van der Waals surface area contributed by atoms with Gasteiger partial charge in [0.1, 0.15) is 17.9 Å². The van der Waals surface area contributed by atoms with Gasteiger partial charge in [-0.25, -0.2) is 4.79 Å². The summed E-state index contributed by atoms with van der Waals surface area (Å²) in [5.41, 5.74) is 0.447. The van der Waals surface area contributed by atoms with Crippen molar-refractivity contribution in [2.24, 2.45) is 5.92 Å². The minimum atomic E-state index is -0.334. The van der Waals surface area contributed by atoms with Crippen molar-refractivity contribution in [1.29, 1.82) is 5.26 Å². The highest BCUT2D eigenvalue weighted by molar-refractivity contribution is 6.30. The number of hydrogen-bond donors (Lipinski definition) is 0. The lowest BCUT2D eigenvalue weighted by Gasteiger charge is -2.22. The molecule has 0 aliphatic rings. The third-order valence-electron chi connectivity index (χ3n) is 3.45. The highest BCUT2D eigenvalue weighted by atomic mass is 35.5. The average molecular weight is 353 g/mol. The van der Waals surface area contributed by atoms with Gasteiger partial charge in [-0.15, -0.1) is 0 Å². The third-order valence-corrected chi connectivity index (χ3v) is 3.69. The van der Waals surface area contributed by atoms with Crippen LogP contribution in [0.1, 0.15) is 39.2 Å². The van der Waals surface area contributed by atoms with E-state index in [1.54, 1.807) is 25.2 Å². The molecule has 0 aromatic heterocycles.